The van der Waals surface area contributed by atoms with Gasteiger partial charge in [0.1, 0.15) is 5.75 Å². The van der Waals surface area contributed by atoms with Gasteiger partial charge in [0.2, 0.25) is 10.0 Å². The molecular weight excluding hydrogens is 328 g/mol. The Hall–Kier alpha value is -1.90. The minimum atomic E-state index is -3.45. The molecule has 1 aromatic carbocycles. The number of nitrogens with zero attached hydrogens (tertiary/aromatic N) is 4. The highest BCUT2D eigenvalue weighted by molar-refractivity contribution is 7.89. The van der Waals surface area contributed by atoms with Crippen molar-refractivity contribution in [3.8, 4) is 5.75 Å². The van der Waals surface area contributed by atoms with Crippen LogP contribution in [-0.4, -0.2) is 60.5 Å². The summed E-state index contributed by atoms with van der Waals surface area (Å²) in [5.41, 5.74) is 1.13. The van der Waals surface area contributed by atoms with Crippen molar-refractivity contribution < 1.29 is 13.2 Å². The van der Waals surface area contributed by atoms with Gasteiger partial charge < -0.3 is 9.30 Å². The van der Waals surface area contributed by atoms with Crippen molar-refractivity contribution in [1.29, 1.82) is 0 Å². The lowest BCUT2D eigenvalue weighted by Crippen LogP contribution is -2.48. The molecule has 8 heteroatoms. The molecule has 1 aromatic heterocycles. The highest BCUT2D eigenvalue weighted by Gasteiger charge is 2.28. The molecule has 0 radical (unpaired) electrons. The Balaban J connectivity index is 1.63. The van der Waals surface area contributed by atoms with E-state index in [1.54, 1.807) is 42.0 Å². The number of ether oxygens (including phenoxy) is 1. The van der Waals surface area contributed by atoms with Crippen molar-refractivity contribution in [2.24, 2.45) is 7.05 Å². The molecule has 24 heavy (non-hydrogen) atoms. The number of imidazole rings is 1. The van der Waals surface area contributed by atoms with Gasteiger partial charge in [-0.2, -0.15) is 4.31 Å². The van der Waals surface area contributed by atoms with E-state index in [0.29, 0.717) is 36.8 Å². The summed E-state index contributed by atoms with van der Waals surface area (Å²) in [4.78, 5) is 6.67. The fourth-order valence-corrected chi connectivity index (χ4v) is 4.21. The predicted octanol–water partition coefficient (Wildman–Crippen LogP) is 0.935. The van der Waals surface area contributed by atoms with Gasteiger partial charge in [-0.15, -0.1) is 0 Å². The van der Waals surface area contributed by atoms with Gasteiger partial charge in [0.25, 0.3) is 0 Å². The summed E-state index contributed by atoms with van der Waals surface area (Å²) >= 11 is 0. The van der Waals surface area contributed by atoms with Crippen molar-refractivity contribution in [3.05, 3.63) is 42.5 Å². The van der Waals surface area contributed by atoms with Gasteiger partial charge in [0.05, 0.1) is 24.0 Å². The molecule has 0 N–H and O–H groups in total. The van der Waals surface area contributed by atoms with Crippen LogP contribution in [0.1, 0.15) is 5.69 Å². The molecule has 1 saturated heterocycles. The molecule has 0 saturated carbocycles. The van der Waals surface area contributed by atoms with Gasteiger partial charge in [0, 0.05) is 46.0 Å². The normalized spacial score (nSPS) is 17.1. The molecule has 0 spiro atoms. The third-order valence-corrected chi connectivity index (χ3v) is 6.24. The summed E-state index contributed by atoms with van der Waals surface area (Å²) < 4.78 is 34.0. The maximum atomic E-state index is 12.7. The first-order valence-corrected chi connectivity index (χ1v) is 9.26. The lowest BCUT2D eigenvalue weighted by molar-refractivity contribution is 0.178. The van der Waals surface area contributed by atoms with Gasteiger partial charge in [-0.25, -0.2) is 13.4 Å². The summed E-state index contributed by atoms with van der Waals surface area (Å²) in [5, 5.41) is 0. The zero-order chi connectivity index (χ0) is 17.2. The Morgan fingerprint density at radius 2 is 1.79 bits per heavy atom. The van der Waals surface area contributed by atoms with Crippen LogP contribution in [0.15, 0.2) is 41.7 Å². The average Bonchev–Trinajstić information content (AvgIpc) is 3.00. The van der Waals surface area contributed by atoms with Crippen LogP contribution in [0, 0.1) is 0 Å². The van der Waals surface area contributed by atoms with E-state index in [-0.39, 0.29) is 0 Å². The molecule has 0 amide bonds. The van der Waals surface area contributed by atoms with Gasteiger partial charge in [-0.05, 0) is 24.3 Å². The molecular formula is C16H22N4O3S. The monoisotopic (exact) mass is 350 g/mol. The van der Waals surface area contributed by atoms with Crippen molar-refractivity contribution in [3.63, 3.8) is 0 Å². The van der Waals surface area contributed by atoms with Crippen molar-refractivity contribution in [1.82, 2.24) is 18.8 Å². The zero-order valence-electron chi connectivity index (χ0n) is 13.9. The van der Waals surface area contributed by atoms with Crippen LogP contribution in [0.3, 0.4) is 0 Å². The smallest absolute Gasteiger partial charge is 0.243 e. The zero-order valence-corrected chi connectivity index (χ0v) is 14.7. The molecule has 1 fully saturated rings. The van der Waals surface area contributed by atoms with Crippen LogP contribution >= 0.6 is 0 Å². The van der Waals surface area contributed by atoms with E-state index in [1.807, 2.05) is 17.8 Å². The first-order chi connectivity index (χ1) is 11.5. The van der Waals surface area contributed by atoms with Gasteiger partial charge >= 0.3 is 0 Å². The van der Waals surface area contributed by atoms with Gasteiger partial charge in [0.15, 0.2) is 0 Å². The van der Waals surface area contributed by atoms with Crippen LogP contribution in [0.25, 0.3) is 0 Å². The maximum Gasteiger partial charge on any atom is 0.243 e. The Labute approximate surface area is 142 Å². The molecule has 1 aliphatic heterocycles. The molecule has 0 unspecified atom stereocenters. The molecule has 3 rings (SSSR count). The van der Waals surface area contributed by atoms with E-state index in [0.717, 1.165) is 12.2 Å². The molecule has 7 nitrogen and oxygen atoms in total. The molecule has 130 valence electrons. The third kappa shape index (κ3) is 3.45. The lowest BCUT2D eigenvalue weighted by atomic mass is 10.3. The number of aromatic nitrogens is 2. The molecule has 2 aromatic rings. The molecule has 2 heterocycles. The summed E-state index contributed by atoms with van der Waals surface area (Å²) in [5.74, 6) is 0.648. The van der Waals surface area contributed by atoms with E-state index >= 15 is 0 Å². The number of benzene rings is 1. The van der Waals surface area contributed by atoms with Crippen molar-refractivity contribution in [2.45, 2.75) is 11.4 Å². The topological polar surface area (TPSA) is 67.7 Å². The molecule has 0 atom stereocenters. The summed E-state index contributed by atoms with van der Waals surface area (Å²) in [7, 11) is 0.0784. The number of hydrogen-bond acceptors (Lipinski definition) is 5. The van der Waals surface area contributed by atoms with Gasteiger partial charge in [-0.1, -0.05) is 0 Å². The molecule has 1 aliphatic rings. The Kier molecular flexibility index (Phi) is 4.88. The summed E-state index contributed by atoms with van der Waals surface area (Å²) in [6.07, 6.45) is 3.63. The van der Waals surface area contributed by atoms with E-state index < -0.39 is 10.0 Å². The number of hydrogen-bond donors (Lipinski definition) is 0. The lowest BCUT2D eigenvalue weighted by Gasteiger charge is -2.33. The highest BCUT2D eigenvalue weighted by Crippen LogP contribution is 2.21. The van der Waals surface area contributed by atoms with Crippen molar-refractivity contribution >= 4 is 10.0 Å². The average molecular weight is 350 g/mol. The van der Waals surface area contributed by atoms with Gasteiger partial charge in [-0.3, -0.25) is 4.90 Å². The van der Waals surface area contributed by atoms with E-state index in [4.69, 9.17) is 4.74 Å². The Morgan fingerprint density at radius 1 is 1.12 bits per heavy atom. The second-order valence-corrected chi connectivity index (χ2v) is 7.79. The second kappa shape index (κ2) is 6.92. The van der Waals surface area contributed by atoms with Crippen molar-refractivity contribution in [2.75, 3.05) is 33.3 Å². The first-order valence-electron chi connectivity index (χ1n) is 7.82. The number of rotatable bonds is 5. The van der Waals surface area contributed by atoms with E-state index in [1.165, 1.54) is 0 Å². The Morgan fingerprint density at radius 3 is 2.33 bits per heavy atom. The third-order valence-electron chi connectivity index (χ3n) is 4.33. The second-order valence-electron chi connectivity index (χ2n) is 5.85. The largest absolute Gasteiger partial charge is 0.497 e. The highest BCUT2D eigenvalue weighted by atomic mass is 32.2. The van der Waals surface area contributed by atoms with Crippen LogP contribution in [-0.2, 0) is 23.6 Å². The minimum absolute atomic E-state index is 0.309. The van der Waals surface area contributed by atoms with Crippen LogP contribution in [0.2, 0.25) is 0 Å². The van der Waals surface area contributed by atoms with E-state index in [9.17, 15) is 8.42 Å². The standard InChI is InChI=1S/C16H22N4O3S/c1-18-13-17-11-14(18)12-19-7-9-20(10-8-19)24(21,22)16-5-3-15(23-2)4-6-16/h3-6,11,13H,7-10,12H2,1-2H3. The molecule has 0 aliphatic carbocycles. The quantitative estimate of drug-likeness (QED) is 0.803. The molecule has 0 bridgehead atoms. The SMILES string of the molecule is COc1ccc(S(=O)(=O)N2CCN(Cc3cncn3C)CC2)cc1. The first kappa shape index (κ1) is 16.9. The van der Waals surface area contributed by atoms with Crippen LogP contribution in [0.5, 0.6) is 5.75 Å². The van der Waals surface area contributed by atoms with E-state index in [2.05, 4.69) is 9.88 Å². The fraction of sp³-hybridized carbons (Fsp3) is 0.438. The van der Waals surface area contributed by atoms with Crippen LogP contribution in [0.4, 0.5) is 0 Å². The van der Waals surface area contributed by atoms with Crippen LogP contribution < -0.4 is 4.74 Å². The number of aryl methyl sites for hydroxylation is 1. The summed E-state index contributed by atoms with van der Waals surface area (Å²) in [6, 6.07) is 6.53. The Bertz CT molecular complexity index is 778. The number of methoxy groups -OCH3 is 1. The summed E-state index contributed by atoms with van der Waals surface area (Å²) in [6.45, 7) is 3.19. The predicted molar refractivity (Wildman–Crippen MR) is 90.2 cm³/mol. The minimum Gasteiger partial charge on any atom is -0.497 e. The number of piperazine rings is 1. The maximum absolute atomic E-state index is 12.7. The fourth-order valence-electron chi connectivity index (χ4n) is 2.79. The number of sulfonamides is 1.